The topological polar surface area (TPSA) is 66.5 Å². The number of carbonyl (C=O) groups is 3. The molecular weight excluding hydrogens is 328 g/mol. The molecule has 2 aromatic rings. The molecule has 2 atom stereocenters. The van der Waals surface area contributed by atoms with E-state index in [1.165, 1.54) is 0 Å². The fourth-order valence-electron chi connectivity index (χ4n) is 3.25. The molecule has 3 rings (SSSR count). The van der Waals surface area contributed by atoms with Crippen molar-refractivity contribution in [3.63, 3.8) is 0 Å². The van der Waals surface area contributed by atoms with Gasteiger partial charge in [-0.15, -0.1) is 0 Å². The molecule has 5 heteroatoms. The fourth-order valence-corrected chi connectivity index (χ4v) is 3.25. The van der Waals surface area contributed by atoms with Crippen LogP contribution in [0, 0.1) is 5.92 Å². The Bertz CT molecular complexity index is 810. The Morgan fingerprint density at radius 1 is 0.846 bits per heavy atom. The molecule has 1 N–H and O–H groups in total. The predicted octanol–water partition coefficient (Wildman–Crippen LogP) is 3.18. The van der Waals surface area contributed by atoms with Gasteiger partial charge in [-0.25, -0.2) is 0 Å². The highest BCUT2D eigenvalue weighted by Gasteiger charge is 2.41. The molecule has 0 aromatic heterocycles. The van der Waals surface area contributed by atoms with E-state index in [4.69, 9.17) is 0 Å². The summed E-state index contributed by atoms with van der Waals surface area (Å²) in [6, 6.07) is 15.2. The minimum Gasteiger partial charge on any atom is -0.347 e. The lowest BCUT2D eigenvalue weighted by Crippen LogP contribution is -2.49. The number of amides is 3. The second kappa shape index (κ2) is 7.12. The van der Waals surface area contributed by atoms with Crippen LogP contribution in [0.5, 0.6) is 0 Å². The molecule has 1 aliphatic rings. The third-order valence-corrected chi connectivity index (χ3v) is 4.72. The van der Waals surface area contributed by atoms with Crippen molar-refractivity contribution < 1.29 is 14.4 Å². The summed E-state index contributed by atoms with van der Waals surface area (Å²) in [5.41, 5.74) is 1.69. The van der Waals surface area contributed by atoms with E-state index in [-0.39, 0.29) is 17.9 Å². The van der Waals surface area contributed by atoms with E-state index in [0.717, 1.165) is 10.5 Å². The average Bonchev–Trinajstić information content (AvgIpc) is 2.90. The molecule has 1 aliphatic heterocycles. The van der Waals surface area contributed by atoms with Crippen LogP contribution in [0.25, 0.3) is 0 Å². The Morgan fingerprint density at radius 3 is 1.85 bits per heavy atom. The van der Waals surface area contributed by atoms with E-state index < -0.39 is 17.9 Å². The highest BCUT2D eigenvalue weighted by molar-refractivity contribution is 6.22. The SMILES string of the molecule is CC(C)[C@@H](NC(=O)[C@@H](C)N1C(=O)c2ccccc2C1=O)c1ccccc1. The van der Waals surface area contributed by atoms with Crippen LogP contribution >= 0.6 is 0 Å². The van der Waals surface area contributed by atoms with Crippen LogP contribution in [0.4, 0.5) is 0 Å². The van der Waals surface area contributed by atoms with Gasteiger partial charge >= 0.3 is 0 Å². The lowest BCUT2D eigenvalue weighted by molar-refractivity contribution is -0.125. The fraction of sp³-hybridized carbons (Fsp3) is 0.286. The van der Waals surface area contributed by atoms with Crippen LogP contribution in [0.15, 0.2) is 54.6 Å². The normalized spacial score (nSPS) is 15.8. The molecule has 1 heterocycles. The summed E-state index contributed by atoms with van der Waals surface area (Å²) in [6.07, 6.45) is 0. The molecule has 0 bridgehead atoms. The van der Waals surface area contributed by atoms with Crippen molar-refractivity contribution in [1.29, 1.82) is 0 Å². The van der Waals surface area contributed by atoms with Gasteiger partial charge in [-0.3, -0.25) is 19.3 Å². The van der Waals surface area contributed by atoms with Crippen LogP contribution < -0.4 is 5.32 Å². The Kier molecular flexibility index (Phi) is 4.89. The highest BCUT2D eigenvalue weighted by atomic mass is 16.2. The van der Waals surface area contributed by atoms with Gasteiger partial charge in [0.05, 0.1) is 17.2 Å². The lowest BCUT2D eigenvalue weighted by Gasteiger charge is -2.27. The van der Waals surface area contributed by atoms with Crippen LogP contribution in [0.3, 0.4) is 0 Å². The van der Waals surface area contributed by atoms with E-state index >= 15 is 0 Å². The Hall–Kier alpha value is -2.95. The molecule has 0 radical (unpaired) electrons. The van der Waals surface area contributed by atoms with Crippen LogP contribution in [-0.2, 0) is 4.79 Å². The minimum absolute atomic E-state index is 0.163. The van der Waals surface area contributed by atoms with Gasteiger partial charge in [0.25, 0.3) is 11.8 Å². The quantitative estimate of drug-likeness (QED) is 0.842. The van der Waals surface area contributed by atoms with Gasteiger partial charge in [-0.1, -0.05) is 56.3 Å². The standard InChI is InChI=1S/C21H22N2O3/c1-13(2)18(15-9-5-4-6-10-15)22-19(24)14(3)23-20(25)16-11-7-8-12-17(16)21(23)26/h4-14,18H,1-3H3,(H,22,24)/t14-,18-/m1/s1. The largest absolute Gasteiger partial charge is 0.347 e. The third kappa shape index (κ3) is 3.12. The van der Waals surface area contributed by atoms with E-state index in [0.29, 0.717) is 11.1 Å². The molecular formula is C21H22N2O3. The van der Waals surface area contributed by atoms with Crippen molar-refractivity contribution >= 4 is 17.7 Å². The number of carbonyl (C=O) groups excluding carboxylic acids is 3. The van der Waals surface area contributed by atoms with Crippen LogP contribution in [-0.4, -0.2) is 28.7 Å². The van der Waals surface area contributed by atoms with Gasteiger partial charge < -0.3 is 5.32 Å². The predicted molar refractivity (Wildman–Crippen MR) is 98.6 cm³/mol. The van der Waals surface area contributed by atoms with Gasteiger partial charge in [0.1, 0.15) is 6.04 Å². The summed E-state index contributed by atoms with van der Waals surface area (Å²) in [4.78, 5) is 39.0. The van der Waals surface area contributed by atoms with Gasteiger partial charge in [0, 0.05) is 0 Å². The van der Waals surface area contributed by atoms with Gasteiger partial charge in [0.15, 0.2) is 0 Å². The van der Waals surface area contributed by atoms with Gasteiger partial charge in [-0.05, 0) is 30.5 Å². The lowest BCUT2D eigenvalue weighted by atomic mass is 9.95. The number of nitrogens with zero attached hydrogens (tertiary/aromatic N) is 1. The van der Waals surface area contributed by atoms with E-state index in [1.54, 1.807) is 31.2 Å². The maximum atomic E-state index is 12.8. The number of hydrogen-bond acceptors (Lipinski definition) is 3. The summed E-state index contributed by atoms with van der Waals surface area (Å²) >= 11 is 0. The molecule has 5 nitrogen and oxygen atoms in total. The van der Waals surface area contributed by atoms with Crippen molar-refractivity contribution in [3.05, 3.63) is 71.3 Å². The second-order valence-corrected chi connectivity index (χ2v) is 6.84. The summed E-state index contributed by atoms with van der Waals surface area (Å²) in [7, 11) is 0. The van der Waals surface area contributed by atoms with Crippen molar-refractivity contribution in [1.82, 2.24) is 10.2 Å². The summed E-state index contributed by atoms with van der Waals surface area (Å²) in [5.74, 6) is -1.03. The number of rotatable bonds is 5. The summed E-state index contributed by atoms with van der Waals surface area (Å²) in [6.45, 7) is 5.62. The molecule has 0 saturated heterocycles. The molecule has 0 unspecified atom stereocenters. The van der Waals surface area contributed by atoms with Crippen molar-refractivity contribution in [2.45, 2.75) is 32.9 Å². The molecule has 0 aliphatic carbocycles. The number of hydrogen-bond donors (Lipinski definition) is 1. The maximum absolute atomic E-state index is 12.8. The molecule has 26 heavy (non-hydrogen) atoms. The number of imide groups is 1. The maximum Gasteiger partial charge on any atom is 0.262 e. The zero-order chi connectivity index (χ0) is 18.8. The first-order chi connectivity index (χ1) is 12.4. The van der Waals surface area contributed by atoms with Crippen molar-refractivity contribution in [2.24, 2.45) is 5.92 Å². The second-order valence-electron chi connectivity index (χ2n) is 6.84. The first-order valence-corrected chi connectivity index (χ1v) is 8.74. The number of benzene rings is 2. The first-order valence-electron chi connectivity index (χ1n) is 8.74. The molecule has 134 valence electrons. The summed E-state index contributed by atoms with van der Waals surface area (Å²) < 4.78 is 0. The van der Waals surface area contributed by atoms with Crippen LogP contribution in [0.1, 0.15) is 53.1 Å². The Balaban J connectivity index is 1.80. The summed E-state index contributed by atoms with van der Waals surface area (Å²) in [5, 5.41) is 2.99. The van der Waals surface area contributed by atoms with Crippen LogP contribution in [0.2, 0.25) is 0 Å². The molecule has 0 saturated carbocycles. The van der Waals surface area contributed by atoms with Crippen molar-refractivity contribution in [2.75, 3.05) is 0 Å². The minimum atomic E-state index is -0.882. The van der Waals surface area contributed by atoms with Crippen molar-refractivity contribution in [3.8, 4) is 0 Å². The Morgan fingerprint density at radius 2 is 1.35 bits per heavy atom. The number of nitrogens with one attached hydrogen (secondary N) is 1. The Labute approximate surface area is 153 Å². The van der Waals surface area contributed by atoms with E-state index in [1.807, 2.05) is 44.2 Å². The smallest absolute Gasteiger partial charge is 0.262 e. The van der Waals surface area contributed by atoms with Gasteiger partial charge in [-0.2, -0.15) is 0 Å². The zero-order valence-corrected chi connectivity index (χ0v) is 15.1. The number of fused-ring (bicyclic) bond motifs is 1. The highest BCUT2D eigenvalue weighted by Crippen LogP contribution is 2.26. The van der Waals surface area contributed by atoms with E-state index in [9.17, 15) is 14.4 Å². The molecule has 0 fully saturated rings. The van der Waals surface area contributed by atoms with Gasteiger partial charge in [0.2, 0.25) is 5.91 Å². The average molecular weight is 350 g/mol. The first kappa shape index (κ1) is 17.9. The van der Waals surface area contributed by atoms with E-state index in [2.05, 4.69) is 5.32 Å². The molecule has 2 aromatic carbocycles. The monoisotopic (exact) mass is 350 g/mol. The zero-order valence-electron chi connectivity index (χ0n) is 15.1. The third-order valence-electron chi connectivity index (χ3n) is 4.72. The molecule has 0 spiro atoms. The molecule has 3 amide bonds.